The predicted molar refractivity (Wildman–Crippen MR) is 56.2 cm³/mol. The van der Waals surface area contributed by atoms with Crippen molar-refractivity contribution < 1.29 is 18.1 Å². The Bertz CT molecular complexity index is 450. The van der Waals surface area contributed by atoms with Crippen molar-refractivity contribution in [1.82, 2.24) is 0 Å². The Morgan fingerprint density at radius 2 is 2.00 bits per heavy atom. The molecule has 0 aliphatic carbocycles. The summed E-state index contributed by atoms with van der Waals surface area (Å²) in [6, 6.07) is 4.45. The van der Waals surface area contributed by atoms with Gasteiger partial charge in [-0.25, -0.2) is 0 Å². The lowest BCUT2D eigenvalue weighted by atomic mass is 10.1. The van der Waals surface area contributed by atoms with Gasteiger partial charge in [-0.15, -0.1) is 0 Å². The maximum Gasteiger partial charge on any atom is 0.294 e. The van der Waals surface area contributed by atoms with E-state index in [-0.39, 0.29) is 10.5 Å². The fraction of sp³-hybridized carbons (Fsp3) is 0.400. The van der Waals surface area contributed by atoms with Crippen molar-refractivity contribution in [3.8, 4) is 0 Å². The van der Waals surface area contributed by atoms with Gasteiger partial charge in [0.15, 0.2) is 0 Å². The van der Waals surface area contributed by atoms with Crippen molar-refractivity contribution in [3.63, 3.8) is 0 Å². The van der Waals surface area contributed by atoms with Crippen LogP contribution in [0.1, 0.15) is 30.6 Å². The lowest BCUT2D eigenvalue weighted by molar-refractivity contribution is 0.170. The Kier molecular flexibility index (Phi) is 3.49. The Labute approximate surface area is 89.3 Å². The lowest BCUT2D eigenvalue weighted by Gasteiger charge is -2.12. The third-order valence-electron chi connectivity index (χ3n) is 2.19. The van der Waals surface area contributed by atoms with Crippen molar-refractivity contribution in [1.29, 1.82) is 0 Å². The molecule has 1 aromatic rings. The second-order valence-electron chi connectivity index (χ2n) is 3.44. The molecule has 2 N–H and O–H groups in total. The first-order valence-corrected chi connectivity index (χ1v) is 6.06. The van der Waals surface area contributed by atoms with Gasteiger partial charge in [-0.3, -0.25) is 4.55 Å². The van der Waals surface area contributed by atoms with Crippen LogP contribution in [-0.2, 0) is 10.1 Å². The van der Waals surface area contributed by atoms with Gasteiger partial charge in [-0.2, -0.15) is 8.42 Å². The minimum absolute atomic E-state index is 0.220. The average Bonchev–Trinajstić information content (AvgIpc) is 2.14. The number of aryl methyl sites for hydroxylation is 1. The van der Waals surface area contributed by atoms with Gasteiger partial charge < -0.3 is 5.11 Å². The zero-order valence-corrected chi connectivity index (χ0v) is 9.45. The topological polar surface area (TPSA) is 74.6 Å². The highest BCUT2D eigenvalue weighted by atomic mass is 32.2. The van der Waals surface area contributed by atoms with Crippen molar-refractivity contribution in [2.45, 2.75) is 31.3 Å². The maximum atomic E-state index is 11.0. The van der Waals surface area contributed by atoms with Crippen LogP contribution in [0.15, 0.2) is 23.1 Å². The first-order valence-electron chi connectivity index (χ1n) is 4.62. The van der Waals surface area contributed by atoms with E-state index in [4.69, 9.17) is 4.55 Å². The monoisotopic (exact) mass is 230 g/mol. The number of aliphatic hydroxyl groups is 1. The van der Waals surface area contributed by atoms with Gasteiger partial charge in [-0.1, -0.05) is 24.6 Å². The second kappa shape index (κ2) is 4.30. The van der Waals surface area contributed by atoms with E-state index in [1.165, 1.54) is 6.07 Å². The Balaban J connectivity index is 3.40. The van der Waals surface area contributed by atoms with Gasteiger partial charge in [0.05, 0.1) is 11.0 Å². The van der Waals surface area contributed by atoms with Crippen LogP contribution in [0.2, 0.25) is 0 Å². The summed E-state index contributed by atoms with van der Waals surface area (Å²) >= 11 is 0. The van der Waals surface area contributed by atoms with Crippen LogP contribution in [0.5, 0.6) is 0 Å². The number of benzene rings is 1. The van der Waals surface area contributed by atoms with E-state index in [0.29, 0.717) is 6.42 Å². The molecular weight excluding hydrogens is 216 g/mol. The summed E-state index contributed by atoms with van der Waals surface area (Å²) in [7, 11) is -4.27. The van der Waals surface area contributed by atoms with Gasteiger partial charge in [0, 0.05) is 5.56 Å². The van der Waals surface area contributed by atoms with Gasteiger partial charge >= 0.3 is 0 Å². The van der Waals surface area contributed by atoms with Crippen LogP contribution < -0.4 is 0 Å². The van der Waals surface area contributed by atoms with E-state index in [0.717, 1.165) is 5.56 Å². The van der Waals surface area contributed by atoms with Crippen LogP contribution in [0, 0.1) is 6.92 Å². The summed E-state index contributed by atoms with van der Waals surface area (Å²) in [4.78, 5) is -0.220. The zero-order valence-electron chi connectivity index (χ0n) is 8.64. The summed E-state index contributed by atoms with van der Waals surface area (Å²) in [6.07, 6.45) is -0.478. The zero-order chi connectivity index (χ0) is 11.6. The summed E-state index contributed by atoms with van der Waals surface area (Å²) < 4.78 is 31.0. The van der Waals surface area contributed by atoms with Crippen LogP contribution in [0.3, 0.4) is 0 Å². The van der Waals surface area contributed by atoms with Crippen molar-refractivity contribution in [2.24, 2.45) is 0 Å². The standard InChI is InChI=1S/C10H14O4S/c1-3-9(11)8-6-7(2)4-5-10(8)15(12,13)14/h4-6,9,11H,3H2,1-2H3,(H,12,13,14). The SMILES string of the molecule is CCC(O)c1cc(C)ccc1S(=O)(=O)O. The van der Waals surface area contributed by atoms with Gasteiger partial charge in [0.25, 0.3) is 10.1 Å². The Morgan fingerprint density at radius 1 is 1.40 bits per heavy atom. The quantitative estimate of drug-likeness (QED) is 0.775. The molecule has 0 aromatic heterocycles. The molecule has 0 saturated heterocycles. The molecular formula is C10H14O4S. The highest BCUT2D eigenvalue weighted by Crippen LogP contribution is 2.25. The summed E-state index contributed by atoms with van der Waals surface area (Å²) in [5.41, 5.74) is 1.09. The third kappa shape index (κ3) is 2.77. The fourth-order valence-electron chi connectivity index (χ4n) is 1.38. The molecule has 0 bridgehead atoms. The van der Waals surface area contributed by atoms with Crippen LogP contribution >= 0.6 is 0 Å². The fourth-order valence-corrected chi connectivity index (χ4v) is 2.12. The minimum Gasteiger partial charge on any atom is -0.388 e. The average molecular weight is 230 g/mol. The van der Waals surface area contributed by atoms with E-state index in [1.807, 2.05) is 0 Å². The number of rotatable bonds is 3. The van der Waals surface area contributed by atoms with Crippen molar-refractivity contribution >= 4 is 10.1 Å². The molecule has 1 atom stereocenters. The molecule has 5 heteroatoms. The summed E-state index contributed by atoms with van der Waals surface area (Å²) in [6.45, 7) is 3.53. The van der Waals surface area contributed by atoms with E-state index in [2.05, 4.69) is 0 Å². The molecule has 1 aromatic carbocycles. The molecule has 0 heterocycles. The number of aliphatic hydroxyl groups excluding tert-OH is 1. The third-order valence-corrected chi connectivity index (χ3v) is 3.12. The van der Waals surface area contributed by atoms with Gasteiger partial charge in [0.1, 0.15) is 0 Å². The molecule has 0 radical (unpaired) electrons. The highest BCUT2D eigenvalue weighted by Gasteiger charge is 2.19. The number of hydrogen-bond donors (Lipinski definition) is 2. The molecule has 0 aliphatic heterocycles. The molecule has 0 aliphatic rings. The molecule has 0 saturated carbocycles. The van der Waals surface area contributed by atoms with E-state index >= 15 is 0 Å². The number of hydrogen-bond acceptors (Lipinski definition) is 3. The minimum atomic E-state index is -4.27. The Hall–Kier alpha value is -0.910. The van der Waals surface area contributed by atoms with E-state index < -0.39 is 16.2 Å². The van der Waals surface area contributed by atoms with Crippen molar-refractivity contribution in [3.05, 3.63) is 29.3 Å². The van der Waals surface area contributed by atoms with Gasteiger partial charge in [0.2, 0.25) is 0 Å². The second-order valence-corrected chi connectivity index (χ2v) is 4.83. The molecule has 0 amide bonds. The predicted octanol–water partition coefficient (Wildman–Crippen LogP) is 1.69. The molecule has 1 rings (SSSR count). The first kappa shape index (κ1) is 12.2. The Morgan fingerprint density at radius 3 is 2.47 bits per heavy atom. The lowest BCUT2D eigenvalue weighted by Crippen LogP contribution is -2.07. The van der Waals surface area contributed by atoms with E-state index in [1.54, 1.807) is 26.0 Å². The normalized spacial score (nSPS) is 13.9. The van der Waals surface area contributed by atoms with Crippen LogP contribution in [0.25, 0.3) is 0 Å². The molecule has 0 fully saturated rings. The smallest absolute Gasteiger partial charge is 0.294 e. The maximum absolute atomic E-state index is 11.0. The molecule has 0 spiro atoms. The van der Waals surface area contributed by atoms with Crippen LogP contribution in [-0.4, -0.2) is 18.1 Å². The van der Waals surface area contributed by atoms with Gasteiger partial charge in [-0.05, 0) is 19.4 Å². The molecule has 1 unspecified atom stereocenters. The summed E-state index contributed by atoms with van der Waals surface area (Å²) in [5, 5.41) is 9.62. The largest absolute Gasteiger partial charge is 0.388 e. The first-order chi connectivity index (χ1) is 6.86. The van der Waals surface area contributed by atoms with Crippen molar-refractivity contribution in [2.75, 3.05) is 0 Å². The molecule has 4 nitrogen and oxygen atoms in total. The van der Waals surface area contributed by atoms with E-state index in [9.17, 15) is 13.5 Å². The molecule has 84 valence electrons. The highest BCUT2D eigenvalue weighted by molar-refractivity contribution is 7.85. The summed E-state index contributed by atoms with van der Waals surface area (Å²) in [5.74, 6) is 0. The molecule has 15 heavy (non-hydrogen) atoms. The van der Waals surface area contributed by atoms with Crippen LogP contribution in [0.4, 0.5) is 0 Å².